The summed E-state index contributed by atoms with van der Waals surface area (Å²) in [6.07, 6.45) is 1.42. The van der Waals surface area contributed by atoms with Gasteiger partial charge in [-0.15, -0.1) is 0 Å². The van der Waals surface area contributed by atoms with E-state index in [1.807, 2.05) is 30.3 Å². The zero-order valence-corrected chi connectivity index (χ0v) is 7.23. The minimum Gasteiger partial charge on any atom is -0.540 e. The molecule has 0 saturated heterocycles. The van der Waals surface area contributed by atoms with Gasteiger partial charge in [-0.2, -0.15) is 4.57 Å². The van der Waals surface area contributed by atoms with Gasteiger partial charge in [-0.05, 0) is 12.1 Å². The van der Waals surface area contributed by atoms with Crippen LogP contribution in [0.4, 0.5) is 0 Å². The molecule has 0 aliphatic heterocycles. The lowest BCUT2D eigenvalue weighted by Crippen LogP contribution is -2.27. The normalized spacial score (nSPS) is 10.2. The first kappa shape index (κ1) is 7.86. The highest BCUT2D eigenvalue weighted by molar-refractivity contribution is 5.49. The fraction of sp³-hybridized carbons (Fsp3) is 0.100. The minimum absolute atomic E-state index is 0.318. The molecule has 0 unspecified atom stereocenters. The summed E-state index contributed by atoms with van der Waals surface area (Å²) in [6.45, 7) is 0. The quantitative estimate of drug-likeness (QED) is 0.603. The highest BCUT2D eigenvalue weighted by Gasteiger charge is 2.08. The maximum atomic E-state index is 10.9. The predicted molar refractivity (Wildman–Crippen MR) is 44.8 cm³/mol. The van der Waals surface area contributed by atoms with Crippen molar-refractivity contribution < 1.29 is 14.1 Å². The summed E-state index contributed by atoms with van der Waals surface area (Å²) >= 11 is 0. The molecule has 0 N–H and O–H groups in total. The molecule has 0 amide bonds. The Bertz CT molecular complexity index is 406. The van der Waals surface area contributed by atoms with E-state index in [0.29, 0.717) is 5.89 Å². The number of rotatable bonds is 1. The predicted octanol–water partition coefficient (Wildman–Crippen LogP) is 0.845. The highest BCUT2D eigenvalue weighted by Crippen LogP contribution is 2.17. The van der Waals surface area contributed by atoms with Crippen molar-refractivity contribution in [3.8, 4) is 17.4 Å². The monoisotopic (exact) mass is 175 g/mol. The molecule has 0 saturated carbocycles. The topological polar surface area (TPSA) is 40.1 Å². The van der Waals surface area contributed by atoms with Crippen LogP contribution in [-0.2, 0) is 7.05 Å². The first-order chi connectivity index (χ1) is 6.27. The molecule has 3 nitrogen and oxygen atoms in total. The summed E-state index contributed by atoms with van der Waals surface area (Å²) in [5, 5.41) is 10.9. The standard InChI is InChI=1S/C10H9NO2/c1-11-7-9(12)13-10(11)8-5-3-2-4-6-8/h2-7H,1H3. The maximum Gasteiger partial charge on any atom is 0.269 e. The van der Waals surface area contributed by atoms with Gasteiger partial charge in [0.1, 0.15) is 13.0 Å². The van der Waals surface area contributed by atoms with Gasteiger partial charge in [-0.25, -0.2) is 0 Å². The van der Waals surface area contributed by atoms with Crippen LogP contribution in [0.5, 0.6) is 5.95 Å². The van der Waals surface area contributed by atoms with Crippen LogP contribution >= 0.6 is 0 Å². The molecular weight excluding hydrogens is 166 g/mol. The van der Waals surface area contributed by atoms with Crippen molar-refractivity contribution in [1.82, 2.24) is 0 Å². The third kappa shape index (κ3) is 1.40. The van der Waals surface area contributed by atoms with E-state index in [0.717, 1.165) is 5.56 Å². The second-order valence-corrected chi connectivity index (χ2v) is 2.83. The first-order valence-corrected chi connectivity index (χ1v) is 3.99. The molecule has 0 fully saturated rings. The van der Waals surface area contributed by atoms with Crippen LogP contribution in [0, 0.1) is 0 Å². The zero-order valence-electron chi connectivity index (χ0n) is 7.23. The van der Waals surface area contributed by atoms with Gasteiger partial charge < -0.3 is 9.52 Å². The molecule has 0 spiro atoms. The smallest absolute Gasteiger partial charge is 0.269 e. The third-order valence-electron chi connectivity index (χ3n) is 1.84. The Kier molecular flexibility index (Phi) is 1.77. The molecule has 0 aliphatic carbocycles. The number of nitrogens with zero attached hydrogens (tertiary/aromatic N) is 1. The number of aromatic nitrogens is 1. The van der Waals surface area contributed by atoms with Crippen molar-refractivity contribution >= 4 is 0 Å². The van der Waals surface area contributed by atoms with E-state index >= 15 is 0 Å². The number of oxazole rings is 1. The van der Waals surface area contributed by atoms with Gasteiger partial charge >= 0.3 is 0 Å². The van der Waals surface area contributed by atoms with E-state index in [4.69, 9.17) is 4.42 Å². The molecule has 0 atom stereocenters. The Morgan fingerprint density at radius 2 is 1.92 bits per heavy atom. The average molecular weight is 175 g/mol. The molecule has 0 bridgehead atoms. The van der Waals surface area contributed by atoms with E-state index < -0.39 is 0 Å². The molecule has 2 rings (SSSR count). The second kappa shape index (κ2) is 2.94. The lowest BCUT2D eigenvalue weighted by Gasteiger charge is -1.95. The number of aryl methyl sites for hydroxylation is 1. The molecule has 66 valence electrons. The van der Waals surface area contributed by atoms with Crippen molar-refractivity contribution in [1.29, 1.82) is 0 Å². The Morgan fingerprint density at radius 1 is 1.23 bits per heavy atom. The largest absolute Gasteiger partial charge is 0.540 e. The fourth-order valence-electron chi connectivity index (χ4n) is 1.25. The molecule has 1 aromatic heterocycles. The minimum atomic E-state index is -0.318. The molecular formula is C10H9NO2. The van der Waals surface area contributed by atoms with E-state index in [-0.39, 0.29) is 5.95 Å². The summed E-state index contributed by atoms with van der Waals surface area (Å²) in [5.41, 5.74) is 0.909. The Morgan fingerprint density at radius 3 is 2.46 bits per heavy atom. The van der Waals surface area contributed by atoms with Gasteiger partial charge in [0.05, 0.1) is 5.56 Å². The van der Waals surface area contributed by atoms with E-state index in [1.165, 1.54) is 6.20 Å². The molecule has 0 aliphatic rings. The summed E-state index contributed by atoms with van der Waals surface area (Å²) in [6, 6.07) is 9.53. The van der Waals surface area contributed by atoms with Gasteiger partial charge in [0.25, 0.3) is 5.89 Å². The number of hydrogen-bond acceptors (Lipinski definition) is 2. The molecule has 1 heterocycles. The lowest BCUT2D eigenvalue weighted by molar-refractivity contribution is -0.663. The summed E-state index contributed by atoms with van der Waals surface area (Å²) in [4.78, 5) is 0. The second-order valence-electron chi connectivity index (χ2n) is 2.83. The van der Waals surface area contributed by atoms with Crippen LogP contribution in [-0.4, -0.2) is 0 Å². The van der Waals surface area contributed by atoms with Gasteiger partial charge in [0.2, 0.25) is 0 Å². The highest BCUT2D eigenvalue weighted by atomic mass is 16.5. The number of benzene rings is 1. The zero-order chi connectivity index (χ0) is 9.26. The van der Waals surface area contributed by atoms with Crippen molar-refractivity contribution in [2.24, 2.45) is 7.05 Å². The van der Waals surface area contributed by atoms with E-state index in [2.05, 4.69) is 0 Å². The van der Waals surface area contributed by atoms with Gasteiger partial charge in [0.15, 0.2) is 6.20 Å². The third-order valence-corrected chi connectivity index (χ3v) is 1.84. The van der Waals surface area contributed by atoms with Gasteiger partial charge in [0, 0.05) is 0 Å². The van der Waals surface area contributed by atoms with Crippen LogP contribution in [0.1, 0.15) is 0 Å². The van der Waals surface area contributed by atoms with Crippen molar-refractivity contribution in [2.45, 2.75) is 0 Å². The van der Waals surface area contributed by atoms with Crippen molar-refractivity contribution in [3.63, 3.8) is 0 Å². The van der Waals surface area contributed by atoms with Crippen LogP contribution in [0.15, 0.2) is 40.9 Å². The molecule has 1 aromatic carbocycles. The Hall–Kier alpha value is -1.77. The fourth-order valence-corrected chi connectivity index (χ4v) is 1.25. The van der Waals surface area contributed by atoms with Crippen molar-refractivity contribution in [2.75, 3.05) is 0 Å². The summed E-state index contributed by atoms with van der Waals surface area (Å²) in [5.74, 6) is 0.270. The lowest BCUT2D eigenvalue weighted by atomic mass is 10.2. The van der Waals surface area contributed by atoms with Crippen LogP contribution in [0.3, 0.4) is 0 Å². The van der Waals surface area contributed by atoms with E-state index in [1.54, 1.807) is 11.6 Å². The molecule has 2 aromatic rings. The SMILES string of the molecule is C[n+]1cc([O-])oc1-c1ccccc1. The van der Waals surface area contributed by atoms with E-state index in [9.17, 15) is 5.11 Å². The maximum absolute atomic E-state index is 10.9. The van der Waals surface area contributed by atoms with Crippen LogP contribution in [0.25, 0.3) is 11.5 Å². The first-order valence-electron chi connectivity index (χ1n) is 3.99. The van der Waals surface area contributed by atoms with Gasteiger partial charge in [-0.1, -0.05) is 18.2 Å². The Balaban J connectivity index is 2.53. The summed E-state index contributed by atoms with van der Waals surface area (Å²) in [7, 11) is 1.78. The van der Waals surface area contributed by atoms with Crippen LogP contribution < -0.4 is 9.67 Å². The molecule has 13 heavy (non-hydrogen) atoms. The molecule has 0 radical (unpaired) electrons. The number of hydrogen-bond donors (Lipinski definition) is 0. The Labute approximate surface area is 75.9 Å². The van der Waals surface area contributed by atoms with Crippen molar-refractivity contribution in [3.05, 3.63) is 36.5 Å². The van der Waals surface area contributed by atoms with Crippen LogP contribution in [0.2, 0.25) is 0 Å². The van der Waals surface area contributed by atoms with Gasteiger partial charge in [-0.3, -0.25) is 0 Å². The summed E-state index contributed by atoms with van der Waals surface area (Å²) < 4.78 is 6.69. The average Bonchev–Trinajstić information content (AvgIpc) is 2.47. The molecule has 3 heteroatoms.